The Morgan fingerprint density at radius 2 is 2.05 bits per heavy atom. The molecule has 1 aliphatic rings. The van der Waals surface area contributed by atoms with Crippen molar-refractivity contribution in [2.75, 3.05) is 0 Å². The van der Waals surface area contributed by atoms with Gasteiger partial charge < -0.3 is 5.11 Å². The second-order valence-corrected chi connectivity index (χ2v) is 6.21. The summed E-state index contributed by atoms with van der Waals surface area (Å²) in [7, 11) is 1.92. The molecule has 1 saturated carbocycles. The second-order valence-electron chi connectivity index (χ2n) is 6.21. The van der Waals surface area contributed by atoms with E-state index in [1.54, 1.807) is 4.68 Å². The van der Waals surface area contributed by atoms with Crippen LogP contribution in [-0.4, -0.2) is 35.5 Å². The molecular formula is C15H23N5O. The summed E-state index contributed by atoms with van der Waals surface area (Å²) in [5.41, 5.74) is 1.52. The van der Waals surface area contributed by atoms with E-state index in [4.69, 9.17) is 0 Å². The maximum absolute atomic E-state index is 10.6. The van der Waals surface area contributed by atoms with Crippen molar-refractivity contribution in [3.8, 4) is 0 Å². The first-order valence-corrected chi connectivity index (χ1v) is 7.72. The lowest BCUT2D eigenvalue weighted by atomic mass is 9.82. The minimum absolute atomic E-state index is 0.567. The number of hydrogen-bond donors (Lipinski definition) is 1. The molecule has 114 valence electrons. The molecule has 2 heterocycles. The number of rotatable bonds is 5. The average Bonchev–Trinajstić information content (AvgIpc) is 3.06. The third kappa shape index (κ3) is 3.69. The zero-order valence-corrected chi connectivity index (χ0v) is 12.6. The van der Waals surface area contributed by atoms with Crippen LogP contribution in [0.1, 0.15) is 43.4 Å². The Labute approximate surface area is 124 Å². The third-order valence-electron chi connectivity index (χ3n) is 4.27. The van der Waals surface area contributed by atoms with Crippen LogP contribution in [0.15, 0.2) is 18.6 Å². The van der Waals surface area contributed by atoms with Gasteiger partial charge in [0.05, 0.1) is 17.5 Å². The van der Waals surface area contributed by atoms with Gasteiger partial charge in [-0.05, 0) is 24.8 Å². The van der Waals surface area contributed by atoms with Crippen LogP contribution in [0.5, 0.6) is 0 Å². The molecule has 2 aromatic heterocycles. The molecule has 3 rings (SSSR count). The van der Waals surface area contributed by atoms with E-state index in [1.165, 1.54) is 12.0 Å². The first kappa shape index (κ1) is 14.3. The molecule has 1 fully saturated rings. The van der Waals surface area contributed by atoms with Gasteiger partial charge in [-0.1, -0.05) is 24.5 Å². The molecule has 21 heavy (non-hydrogen) atoms. The minimum atomic E-state index is -0.567. The summed E-state index contributed by atoms with van der Waals surface area (Å²) < 4.78 is 3.66. The summed E-state index contributed by atoms with van der Waals surface area (Å²) in [6.07, 6.45) is 12.6. The molecule has 0 unspecified atom stereocenters. The molecule has 0 aromatic carbocycles. The Hall–Kier alpha value is -1.69. The minimum Gasteiger partial charge on any atom is -0.389 e. The Morgan fingerprint density at radius 1 is 1.24 bits per heavy atom. The van der Waals surface area contributed by atoms with Crippen molar-refractivity contribution in [3.05, 3.63) is 29.8 Å². The van der Waals surface area contributed by atoms with E-state index in [2.05, 4.69) is 15.4 Å². The van der Waals surface area contributed by atoms with Crippen molar-refractivity contribution >= 4 is 0 Å². The lowest BCUT2D eigenvalue weighted by Crippen LogP contribution is -2.33. The number of nitrogens with zero attached hydrogens (tertiary/aromatic N) is 5. The summed E-state index contributed by atoms with van der Waals surface area (Å²) in [4.78, 5) is 0. The summed E-state index contributed by atoms with van der Waals surface area (Å²) in [6, 6.07) is 0. The molecule has 0 spiro atoms. The number of hydrogen-bond acceptors (Lipinski definition) is 4. The van der Waals surface area contributed by atoms with Crippen molar-refractivity contribution in [1.29, 1.82) is 0 Å². The second kappa shape index (κ2) is 5.97. The largest absolute Gasteiger partial charge is 0.389 e. The molecule has 0 radical (unpaired) electrons. The Balaban J connectivity index is 1.55. The lowest BCUT2D eigenvalue weighted by molar-refractivity contribution is 0.00364. The van der Waals surface area contributed by atoms with Crippen molar-refractivity contribution < 1.29 is 5.11 Å². The van der Waals surface area contributed by atoms with Crippen molar-refractivity contribution in [3.63, 3.8) is 0 Å². The topological polar surface area (TPSA) is 68.8 Å². The van der Waals surface area contributed by atoms with E-state index >= 15 is 0 Å². The summed E-state index contributed by atoms with van der Waals surface area (Å²) in [5.74, 6) is 0. The molecule has 0 amide bonds. The Kier molecular flexibility index (Phi) is 4.05. The van der Waals surface area contributed by atoms with Crippen LogP contribution in [-0.2, 0) is 26.4 Å². The molecule has 1 N–H and O–H groups in total. The van der Waals surface area contributed by atoms with E-state index in [0.717, 1.165) is 44.3 Å². The van der Waals surface area contributed by atoms with Gasteiger partial charge in [-0.25, -0.2) is 0 Å². The van der Waals surface area contributed by atoms with Gasteiger partial charge in [-0.15, -0.1) is 5.10 Å². The smallest absolute Gasteiger partial charge is 0.0855 e. The van der Waals surface area contributed by atoms with Gasteiger partial charge in [-0.3, -0.25) is 9.36 Å². The van der Waals surface area contributed by atoms with Crippen LogP contribution in [0.25, 0.3) is 0 Å². The molecule has 2 aromatic rings. The third-order valence-corrected chi connectivity index (χ3v) is 4.27. The van der Waals surface area contributed by atoms with Crippen molar-refractivity contribution in [2.24, 2.45) is 7.05 Å². The normalized spacial score (nSPS) is 18.0. The zero-order chi connectivity index (χ0) is 14.7. The number of aryl methyl sites for hydroxylation is 3. The first-order chi connectivity index (χ1) is 10.1. The first-order valence-electron chi connectivity index (χ1n) is 7.72. The fourth-order valence-corrected chi connectivity index (χ4v) is 3.10. The number of aromatic nitrogens is 5. The van der Waals surface area contributed by atoms with Gasteiger partial charge in [0.1, 0.15) is 0 Å². The van der Waals surface area contributed by atoms with Gasteiger partial charge in [0.15, 0.2) is 0 Å². The summed E-state index contributed by atoms with van der Waals surface area (Å²) >= 11 is 0. The van der Waals surface area contributed by atoms with Gasteiger partial charge >= 0.3 is 0 Å². The van der Waals surface area contributed by atoms with Crippen LogP contribution in [0.2, 0.25) is 0 Å². The molecule has 6 heteroatoms. The fraction of sp³-hybridized carbons (Fsp3) is 0.667. The van der Waals surface area contributed by atoms with Crippen LogP contribution in [0.4, 0.5) is 0 Å². The molecule has 0 aliphatic heterocycles. The maximum Gasteiger partial charge on any atom is 0.0855 e. The van der Waals surface area contributed by atoms with Gasteiger partial charge in [0, 0.05) is 32.4 Å². The highest BCUT2D eigenvalue weighted by Crippen LogP contribution is 2.30. The molecule has 0 atom stereocenters. The molecular weight excluding hydrogens is 266 g/mol. The average molecular weight is 289 g/mol. The van der Waals surface area contributed by atoms with Crippen LogP contribution >= 0.6 is 0 Å². The van der Waals surface area contributed by atoms with E-state index < -0.39 is 5.60 Å². The predicted octanol–water partition coefficient (Wildman–Crippen LogP) is 1.49. The standard InChI is InChI=1S/C15H23N5O/c1-19-11-13(10-16-19)5-8-20-12-14(17-18-20)9-15(21)6-3-2-4-7-15/h10-12,21H,2-9H2,1H3. The monoisotopic (exact) mass is 289 g/mol. The zero-order valence-electron chi connectivity index (χ0n) is 12.6. The Bertz CT molecular complexity index is 582. The molecule has 6 nitrogen and oxygen atoms in total. The highest BCUT2D eigenvalue weighted by molar-refractivity contribution is 5.04. The fourth-order valence-electron chi connectivity index (χ4n) is 3.10. The maximum atomic E-state index is 10.6. The Morgan fingerprint density at radius 3 is 2.76 bits per heavy atom. The summed E-state index contributed by atoms with van der Waals surface area (Å²) in [5, 5.41) is 23.1. The highest BCUT2D eigenvalue weighted by atomic mass is 16.3. The van der Waals surface area contributed by atoms with Crippen molar-refractivity contribution in [2.45, 2.75) is 57.1 Å². The van der Waals surface area contributed by atoms with Gasteiger partial charge in [0.25, 0.3) is 0 Å². The highest BCUT2D eigenvalue weighted by Gasteiger charge is 2.30. The number of aliphatic hydroxyl groups is 1. The SMILES string of the molecule is Cn1cc(CCn2cc(CC3(O)CCCCC3)nn2)cn1. The van der Waals surface area contributed by atoms with Crippen LogP contribution in [0.3, 0.4) is 0 Å². The predicted molar refractivity (Wildman–Crippen MR) is 78.7 cm³/mol. The summed E-state index contributed by atoms with van der Waals surface area (Å²) in [6.45, 7) is 0.789. The lowest BCUT2D eigenvalue weighted by Gasteiger charge is -2.31. The van der Waals surface area contributed by atoms with E-state index in [-0.39, 0.29) is 0 Å². The van der Waals surface area contributed by atoms with Gasteiger partial charge in [-0.2, -0.15) is 5.10 Å². The molecule has 1 aliphatic carbocycles. The molecule has 0 saturated heterocycles. The van der Waals surface area contributed by atoms with Crippen molar-refractivity contribution in [1.82, 2.24) is 24.8 Å². The van der Waals surface area contributed by atoms with Crippen LogP contribution < -0.4 is 0 Å². The van der Waals surface area contributed by atoms with E-state index in [9.17, 15) is 5.11 Å². The molecule has 0 bridgehead atoms. The van der Waals surface area contributed by atoms with Crippen LogP contribution in [0, 0.1) is 0 Å². The van der Waals surface area contributed by atoms with E-state index in [1.807, 2.05) is 30.3 Å². The quantitative estimate of drug-likeness (QED) is 0.905. The van der Waals surface area contributed by atoms with E-state index in [0.29, 0.717) is 6.42 Å². The van der Waals surface area contributed by atoms with Gasteiger partial charge in [0.2, 0.25) is 0 Å².